The minimum Gasteiger partial charge on any atom is -0.457 e. The molecule has 0 atom stereocenters. The molecule has 0 saturated carbocycles. The van der Waals surface area contributed by atoms with Crippen molar-refractivity contribution in [3.8, 4) is 28.6 Å². The Labute approximate surface area is 289 Å². The van der Waals surface area contributed by atoms with Crippen LogP contribution in [0, 0.1) is 11.8 Å². The number of ether oxygens (including phenoxy) is 1. The molecule has 6 heteroatoms. The SMILES string of the molecule is CC(C)C1(C(C)C)c2cccnc2-n2c3cc(Oc4ccc5c(c4)c4nc(-c6ccccc6)cn4c4cccnc54)ccc3c3cccc1c32. The van der Waals surface area contributed by atoms with Crippen LogP contribution in [0.3, 0.4) is 0 Å². The number of aromatic nitrogens is 5. The Morgan fingerprint density at radius 3 is 2.18 bits per heavy atom. The summed E-state index contributed by atoms with van der Waals surface area (Å²) >= 11 is 0. The van der Waals surface area contributed by atoms with Crippen LogP contribution >= 0.6 is 0 Å². The van der Waals surface area contributed by atoms with E-state index in [1.165, 1.54) is 27.4 Å². The molecule has 0 unspecified atom stereocenters. The summed E-state index contributed by atoms with van der Waals surface area (Å²) in [6.07, 6.45) is 5.87. The van der Waals surface area contributed by atoms with Gasteiger partial charge in [0.25, 0.3) is 0 Å². The van der Waals surface area contributed by atoms with Gasteiger partial charge in [0.05, 0.1) is 27.8 Å². The predicted molar refractivity (Wildman–Crippen MR) is 203 cm³/mol. The van der Waals surface area contributed by atoms with Crippen LogP contribution in [0.15, 0.2) is 128 Å². The van der Waals surface area contributed by atoms with Crippen molar-refractivity contribution in [2.75, 3.05) is 0 Å². The first kappa shape index (κ1) is 29.0. The molecule has 0 N–H and O–H groups in total. The average molecular weight is 650 g/mol. The minimum absolute atomic E-state index is 0.157. The Morgan fingerprint density at radius 1 is 0.620 bits per heavy atom. The monoisotopic (exact) mass is 649 g/mol. The second kappa shape index (κ2) is 10.5. The summed E-state index contributed by atoms with van der Waals surface area (Å²) in [6.45, 7) is 9.40. The number of hydrogen-bond acceptors (Lipinski definition) is 4. The number of fused-ring (bicyclic) bond motifs is 11. The quantitative estimate of drug-likeness (QED) is 0.174. The largest absolute Gasteiger partial charge is 0.457 e. The van der Waals surface area contributed by atoms with Gasteiger partial charge in [-0.3, -0.25) is 14.0 Å². The first-order valence-electron chi connectivity index (χ1n) is 17.4. The number of para-hydroxylation sites is 1. The summed E-state index contributed by atoms with van der Waals surface area (Å²) in [6, 6.07) is 38.2. The normalized spacial score (nSPS) is 13.7. The lowest BCUT2D eigenvalue weighted by Crippen LogP contribution is -2.42. The number of hydrogen-bond donors (Lipinski definition) is 0. The van der Waals surface area contributed by atoms with Gasteiger partial charge in [-0.2, -0.15) is 0 Å². The highest BCUT2D eigenvalue weighted by atomic mass is 16.5. The van der Waals surface area contributed by atoms with Crippen LogP contribution in [0.4, 0.5) is 0 Å². The van der Waals surface area contributed by atoms with Gasteiger partial charge in [0.2, 0.25) is 0 Å². The number of pyridine rings is 3. The van der Waals surface area contributed by atoms with E-state index in [-0.39, 0.29) is 5.41 Å². The summed E-state index contributed by atoms with van der Waals surface area (Å²) < 4.78 is 11.2. The van der Waals surface area contributed by atoms with Crippen molar-refractivity contribution in [1.82, 2.24) is 23.9 Å². The third-order valence-electron chi connectivity index (χ3n) is 11.0. The molecule has 0 spiro atoms. The van der Waals surface area contributed by atoms with Gasteiger partial charge in [0, 0.05) is 62.7 Å². The van der Waals surface area contributed by atoms with E-state index in [0.717, 1.165) is 61.5 Å². The molecule has 1 aliphatic rings. The zero-order valence-corrected chi connectivity index (χ0v) is 28.4. The molecular formula is C44H35N5O. The molecule has 0 amide bonds. The summed E-state index contributed by atoms with van der Waals surface area (Å²) in [4.78, 5) is 15.0. The lowest BCUT2D eigenvalue weighted by atomic mass is 9.59. The molecule has 1 aliphatic heterocycles. The van der Waals surface area contributed by atoms with Gasteiger partial charge in [0.1, 0.15) is 23.0 Å². The summed E-state index contributed by atoms with van der Waals surface area (Å²) in [5, 5.41) is 4.46. The van der Waals surface area contributed by atoms with E-state index >= 15 is 0 Å². The third kappa shape index (κ3) is 3.81. The summed E-state index contributed by atoms with van der Waals surface area (Å²) in [7, 11) is 0. The van der Waals surface area contributed by atoms with Gasteiger partial charge < -0.3 is 4.74 Å². The summed E-state index contributed by atoms with van der Waals surface area (Å²) in [5.41, 5.74) is 9.64. The van der Waals surface area contributed by atoms with Crippen molar-refractivity contribution in [2.24, 2.45) is 11.8 Å². The Kier molecular flexibility index (Phi) is 6.08. The van der Waals surface area contributed by atoms with Crippen LogP contribution in [0.1, 0.15) is 38.8 Å². The Bertz CT molecular complexity index is 2800. The molecule has 10 rings (SSSR count). The van der Waals surface area contributed by atoms with Crippen LogP contribution in [0.5, 0.6) is 11.5 Å². The van der Waals surface area contributed by atoms with Crippen molar-refractivity contribution in [1.29, 1.82) is 0 Å². The number of benzene rings is 4. The third-order valence-corrected chi connectivity index (χ3v) is 11.0. The van der Waals surface area contributed by atoms with E-state index in [0.29, 0.717) is 11.8 Å². The zero-order valence-electron chi connectivity index (χ0n) is 28.4. The summed E-state index contributed by atoms with van der Waals surface area (Å²) in [5.74, 6) is 3.28. The lowest BCUT2D eigenvalue weighted by molar-refractivity contribution is 0.271. The van der Waals surface area contributed by atoms with Crippen molar-refractivity contribution >= 4 is 49.3 Å². The molecule has 6 heterocycles. The standard InChI is InChI=1S/C44H35N5O/c1-26(2)44(27(3)4)35-14-8-13-33-31-19-17-30(24-39(31)49(41(33)35)43-36(44)15-9-22-46-43)50-29-18-20-32-34(23-29)42-47-37(28-11-6-5-7-12-28)25-48(42)38-16-10-21-45-40(32)38/h5-27H,1-4H3. The lowest BCUT2D eigenvalue weighted by Gasteiger charge is -2.46. The number of rotatable bonds is 5. The molecule has 4 aromatic carbocycles. The second-order valence-corrected chi connectivity index (χ2v) is 14.1. The smallest absolute Gasteiger partial charge is 0.146 e. The Hall–Kier alpha value is -6.01. The topological polar surface area (TPSA) is 57.2 Å². The molecule has 0 fully saturated rings. The van der Waals surface area contributed by atoms with Crippen LogP contribution in [0.25, 0.3) is 66.3 Å². The van der Waals surface area contributed by atoms with Crippen LogP contribution in [0.2, 0.25) is 0 Å². The fourth-order valence-electron chi connectivity index (χ4n) is 9.03. The molecule has 9 aromatic rings. The van der Waals surface area contributed by atoms with E-state index in [1.54, 1.807) is 0 Å². The van der Waals surface area contributed by atoms with Crippen LogP contribution < -0.4 is 4.74 Å². The van der Waals surface area contributed by atoms with E-state index in [2.05, 4.69) is 122 Å². The molecule has 0 saturated heterocycles. The van der Waals surface area contributed by atoms with Gasteiger partial charge in [-0.25, -0.2) is 9.97 Å². The predicted octanol–water partition coefficient (Wildman–Crippen LogP) is 10.9. The molecule has 242 valence electrons. The number of nitrogens with zero attached hydrogens (tertiary/aromatic N) is 5. The minimum atomic E-state index is -0.157. The fourth-order valence-corrected chi connectivity index (χ4v) is 9.03. The molecule has 0 bridgehead atoms. The van der Waals surface area contributed by atoms with E-state index in [9.17, 15) is 0 Å². The highest BCUT2D eigenvalue weighted by Crippen LogP contribution is 2.54. The molecule has 0 radical (unpaired) electrons. The average Bonchev–Trinajstić information content (AvgIpc) is 3.74. The van der Waals surface area contributed by atoms with Crippen LogP contribution in [-0.2, 0) is 5.41 Å². The first-order valence-corrected chi connectivity index (χ1v) is 17.4. The molecule has 6 nitrogen and oxygen atoms in total. The van der Waals surface area contributed by atoms with Crippen molar-refractivity contribution in [2.45, 2.75) is 33.1 Å². The van der Waals surface area contributed by atoms with E-state index in [4.69, 9.17) is 19.7 Å². The fraction of sp³-hybridized carbons (Fsp3) is 0.159. The molecule has 0 aliphatic carbocycles. The van der Waals surface area contributed by atoms with Gasteiger partial charge in [-0.15, -0.1) is 0 Å². The van der Waals surface area contributed by atoms with E-state index in [1.807, 2.05) is 42.7 Å². The van der Waals surface area contributed by atoms with Gasteiger partial charge in [-0.1, -0.05) is 82.3 Å². The van der Waals surface area contributed by atoms with Gasteiger partial charge >= 0.3 is 0 Å². The zero-order chi connectivity index (χ0) is 33.7. The van der Waals surface area contributed by atoms with Gasteiger partial charge in [0.15, 0.2) is 0 Å². The van der Waals surface area contributed by atoms with E-state index < -0.39 is 0 Å². The Morgan fingerprint density at radius 2 is 1.36 bits per heavy atom. The molecular weight excluding hydrogens is 615 g/mol. The van der Waals surface area contributed by atoms with Gasteiger partial charge in [-0.05, 0) is 65.9 Å². The molecule has 50 heavy (non-hydrogen) atoms. The van der Waals surface area contributed by atoms with Crippen LogP contribution in [-0.4, -0.2) is 23.9 Å². The highest BCUT2D eigenvalue weighted by molar-refractivity contribution is 6.12. The Balaban J connectivity index is 1.16. The number of imidazole rings is 1. The second-order valence-electron chi connectivity index (χ2n) is 14.1. The highest BCUT2D eigenvalue weighted by Gasteiger charge is 2.47. The van der Waals surface area contributed by atoms with Crippen molar-refractivity contribution < 1.29 is 4.74 Å². The maximum absolute atomic E-state index is 6.70. The van der Waals surface area contributed by atoms with Crippen molar-refractivity contribution in [3.05, 3.63) is 139 Å². The maximum Gasteiger partial charge on any atom is 0.146 e. The maximum atomic E-state index is 6.70. The first-order chi connectivity index (χ1) is 24.4. The molecule has 5 aromatic heterocycles. The van der Waals surface area contributed by atoms with Crippen molar-refractivity contribution in [3.63, 3.8) is 0 Å².